The quantitative estimate of drug-likeness (QED) is 0.625. The first-order valence-electron chi connectivity index (χ1n) is 4.92. The fourth-order valence-electron chi connectivity index (χ4n) is 1.28. The van der Waals surface area contributed by atoms with E-state index in [1.807, 2.05) is 25.2 Å². The van der Waals surface area contributed by atoms with Gasteiger partial charge in [-0.1, -0.05) is 17.7 Å². The molecule has 1 aromatic rings. The van der Waals surface area contributed by atoms with Gasteiger partial charge in [0.15, 0.2) is 5.96 Å². The molecule has 1 aromatic carbocycles. The van der Waals surface area contributed by atoms with Crippen LogP contribution in [0.25, 0.3) is 0 Å². The van der Waals surface area contributed by atoms with Crippen LogP contribution in [-0.4, -0.2) is 27.2 Å². The summed E-state index contributed by atoms with van der Waals surface area (Å²) in [6, 6.07) is 5.68. The lowest BCUT2D eigenvalue weighted by Crippen LogP contribution is -2.34. The molecule has 16 heavy (non-hydrogen) atoms. The fourth-order valence-corrected chi connectivity index (χ4v) is 1.57. The van der Waals surface area contributed by atoms with Crippen molar-refractivity contribution in [3.05, 3.63) is 28.8 Å². The second kappa shape index (κ2) is 6.23. The van der Waals surface area contributed by atoms with Gasteiger partial charge in [-0.25, -0.2) is 0 Å². The highest BCUT2D eigenvalue weighted by atomic mass is 35.5. The van der Waals surface area contributed by atoms with Crippen LogP contribution >= 0.6 is 11.6 Å². The third-order valence-electron chi connectivity index (χ3n) is 2.14. The van der Waals surface area contributed by atoms with Crippen molar-refractivity contribution in [1.29, 1.82) is 0 Å². The normalized spacial score (nSPS) is 11.1. The van der Waals surface area contributed by atoms with E-state index in [9.17, 15) is 0 Å². The molecule has 0 unspecified atom stereocenters. The number of rotatable bonds is 3. The predicted molar refractivity (Wildman–Crippen MR) is 67.3 cm³/mol. The minimum atomic E-state index is 0.612. The van der Waals surface area contributed by atoms with Gasteiger partial charge in [0.05, 0.1) is 12.1 Å². The number of aliphatic imine (C=N–C) groups is 1. The summed E-state index contributed by atoms with van der Waals surface area (Å²) in [6.45, 7) is 0.664. The Morgan fingerprint density at radius 2 is 2.25 bits per heavy atom. The van der Waals surface area contributed by atoms with Crippen molar-refractivity contribution in [2.24, 2.45) is 4.99 Å². The van der Waals surface area contributed by atoms with Gasteiger partial charge in [0.2, 0.25) is 0 Å². The Morgan fingerprint density at radius 3 is 2.75 bits per heavy atom. The number of hydrogen-bond donors (Lipinski definition) is 2. The molecule has 0 radical (unpaired) electrons. The van der Waals surface area contributed by atoms with Gasteiger partial charge in [-0.15, -0.1) is 0 Å². The van der Waals surface area contributed by atoms with Crippen LogP contribution in [0.2, 0.25) is 5.02 Å². The van der Waals surface area contributed by atoms with E-state index in [4.69, 9.17) is 16.3 Å². The molecule has 0 aliphatic rings. The Kier molecular flexibility index (Phi) is 4.92. The van der Waals surface area contributed by atoms with Gasteiger partial charge in [-0.3, -0.25) is 4.99 Å². The van der Waals surface area contributed by atoms with E-state index in [0.717, 1.165) is 11.5 Å². The highest BCUT2D eigenvalue weighted by Gasteiger charge is 2.02. The van der Waals surface area contributed by atoms with Gasteiger partial charge in [-0.2, -0.15) is 0 Å². The molecule has 0 heterocycles. The van der Waals surface area contributed by atoms with Gasteiger partial charge in [0, 0.05) is 20.6 Å². The minimum Gasteiger partial charge on any atom is -0.495 e. The second-order valence-corrected chi connectivity index (χ2v) is 3.55. The molecular formula is C11H16ClN3O. The van der Waals surface area contributed by atoms with Crippen molar-refractivity contribution in [3.63, 3.8) is 0 Å². The maximum atomic E-state index is 6.01. The van der Waals surface area contributed by atoms with Crippen molar-refractivity contribution >= 4 is 17.6 Å². The van der Waals surface area contributed by atoms with Crippen molar-refractivity contribution in [3.8, 4) is 5.75 Å². The van der Waals surface area contributed by atoms with Crippen LogP contribution in [0.4, 0.5) is 0 Å². The standard InChI is InChI=1S/C11H16ClN3O/c1-13-11(14-2)15-7-8-4-5-10(16-3)9(12)6-8/h4-6H,7H2,1-3H3,(H2,13,14,15). The molecule has 4 nitrogen and oxygen atoms in total. The van der Waals surface area contributed by atoms with Crippen LogP contribution in [0.15, 0.2) is 23.2 Å². The summed E-state index contributed by atoms with van der Waals surface area (Å²) in [5.41, 5.74) is 1.07. The zero-order chi connectivity index (χ0) is 12.0. The Morgan fingerprint density at radius 1 is 1.50 bits per heavy atom. The summed E-state index contributed by atoms with van der Waals surface area (Å²) < 4.78 is 5.08. The smallest absolute Gasteiger partial charge is 0.190 e. The SMILES string of the molecule is CN=C(NC)NCc1ccc(OC)c(Cl)c1. The van der Waals surface area contributed by atoms with Gasteiger partial charge in [0.1, 0.15) is 5.75 Å². The Hall–Kier alpha value is -1.42. The first kappa shape index (κ1) is 12.6. The molecule has 5 heteroatoms. The number of methoxy groups -OCH3 is 1. The molecule has 0 amide bonds. The van der Waals surface area contributed by atoms with Crippen LogP contribution in [0.1, 0.15) is 5.56 Å². The lowest BCUT2D eigenvalue weighted by molar-refractivity contribution is 0.415. The van der Waals surface area contributed by atoms with E-state index in [-0.39, 0.29) is 0 Å². The third-order valence-corrected chi connectivity index (χ3v) is 2.43. The number of guanidine groups is 1. The molecule has 0 saturated carbocycles. The van der Waals surface area contributed by atoms with Gasteiger partial charge >= 0.3 is 0 Å². The summed E-state index contributed by atoms with van der Waals surface area (Å²) in [7, 11) is 5.14. The molecule has 0 spiro atoms. The largest absolute Gasteiger partial charge is 0.495 e. The number of ether oxygens (including phenoxy) is 1. The molecule has 1 rings (SSSR count). The van der Waals surface area contributed by atoms with Crippen LogP contribution in [0, 0.1) is 0 Å². The maximum Gasteiger partial charge on any atom is 0.190 e. The molecule has 0 atom stereocenters. The number of benzene rings is 1. The van der Waals surface area contributed by atoms with Gasteiger partial charge < -0.3 is 15.4 Å². The molecule has 0 fully saturated rings. The monoisotopic (exact) mass is 241 g/mol. The average molecular weight is 242 g/mol. The Balaban J connectivity index is 2.65. The average Bonchev–Trinajstić information content (AvgIpc) is 2.30. The first-order chi connectivity index (χ1) is 7.71. The Bertz CT molecular complexity index is 379. The lowest BCUT2D eigenvalue weighted by Gasteiger charge is -2.09. The van der Waals surface area contributed by atoms with Crippen molar-refractivity contribution in [1.82, 2.24) is 10.6 Å². The summed E-state index contributed by atoms with van der Waals surface area (Å²) in [5.74, 6) is 1.43. The summed E-state index contributed by atoms with van der Waals surface area (Å²) in [4.78, 5) is 4.01. The second-order valence-electron chi connectivity index (χ2n) is 3.14. The molecule has 0 aliphatic carbocycles. The van der Waals surface area contributed by atoms with Crippen molar-refractivity contribution in [2.45, 2.75) is 6.54 Å². The number of hydrogen-bond acceptors (Lipinski definition) is 2. The van der Waals surface area contributed by atoms with Crippen molar-refractivity contribution < 1.29 is 4.74 Å². The molecule has 88 valence electrons. The van der Waals surface area contributed by atoms with Gasteiger partial charge in [-0.05, 0) is 17.7 Å². The highest BCUT2D eigenvalue weighted by molar-refractivity contribution is 6.32. The summed E-state index contributed by atoms with van der Waals surface area (Å²) in [5, 5.41) is 6.69. The maximum absolute atomic E-state index is 6.01. The zero-order valence-corrected chi connectivity index (χ0v) is 10.4. The van der Waals surface area contributed by atoms with E-state index in [1.165, 1.54) is 0 Å². The number of nitrogens with zero attached hydrogens (tertiary/aromatic N) is 1. The van der Waals surface area contributed by atoms with Crippen molar-refractivity contribution in [2.75, 3.05) is 21.2 Å². The summed E-state index contributed by atoms with van der Waals surface area (Å²) >= 11 is 6.01. The molecular weight excluding hydrogens is 226 g/mol. The minimum absolute atomic E-state index is 0.612. The van der Waals surface area contributed by atoms with E-state index in [1.54, 1.807) is 14.2 Å². The van der Waals surface area contributed by atoms with Crippen LogP contribution < -0.4 is 15.4 Å². The predicted octanol–water partition coefficient (Wildman–Crippen LogP) is 1.64. The van der Waals surface area contributed by atoms with E-state index in [0.29, 0.717) is 17.3 Å². The van der Waals surface area contributed by atoms with E-state index >= 15 is 0 Å². The number of nitrogens with one attached hydrogen (secondary N) is 2. The molecule has 0 aliphatic heterocycles. The van der Waals surface area contributed by atoms with Crippen LogP contribution in [-0.2, 0) is 6.54 Å². The third kappa shape index (κ3) is 3.31. The highest BCUT2D eigenvalue weighted by Crippen LogP contribution is 2.24. The summed E-state index contributed by atoms with van der Waals surface area (Å²) in [6.07, 6.45) is 0. The number of halogens is 1. The topological polar surface area (TPSA) is 45.7 Å². The van der Waals surface area contributed by atoms with Crippen LogP contribution in [0.3, 0.4) is 0 Å². The zero-order valence-electron chi connectivity index (χ0n) is 9.67. The fraction of sp³-hybridized carbons (Fsp3) is 0.364. The Labute approximate surface area is 101 Å². The first-order valence-corrected chi connectivity index (χ1v) is 5.30. The van der Waals surface area contributed by atoms with Crippen LogP contribution in [0.5, 0.6) is 5.75 Å². The lowest BCUT2D eigenvalue weighted by atomic mass is 10.2. The van der Waals surface area contributed by atoms with E-state index < -0.39 is 0 Å². The molecule has 2 N–H and O–H groups in total. The molecule has 0 aromatic heterocycles. The molecule has 0 bridgehead atoms. The van der Waals surface area contributed by atoms with E-state index in [2.05, 4.69) is 15.6 Å². The van der Waals surface area contributed by atoms with Gasteiger partial charge in [0.25, 0.3) is 0 Å². The molecule has 0 saturated heterocycles.